The molecule has 0 spiro atoms. The highest BCUT2D eigenvalue weighted by molar-refractivity contribution is 5.87. The van der Waals surface area contributed by atoms with E-state index in [0.29, 0.717) is 24.8 Å². The number of amides is 1. The number of rotatable bonds is 9. The van der Waals surface area contributed by atoms with Gasteiger partial charge in [-0.15, -0.1) is 0 Å². The second kappa shape index (κ2) is 9.40. The van der Waals surface area contributed by atoms with Crippen LogP contribution in [-0.4, -0.2) is 24.6 Å². The third-order valence-corrected chi connectivity index (χ3v) is 3.77. The van der Waals surface area contributed by atoms with Crippen molar-refractivity contribution < 1.29 is 27.5 Å². The van der Waals surface area contributed by atoms with Gasteiger partial charge in [0.05, 0.1) is 0 Å². The maximum Gasteiger partial charge on any atom is 0.471 e. The van der Waals surface area contributed by atoms with Crippen LogP contribution >= 0.6 is 0 Å². The molecule has 4 nitrogen and oxygen atoms in total. The summed E-state index contributed by atoms with van der Waals surface area (Å²) in [5.41, 5.74) is 0.824. The summed E-state index contributed by atoms with van der Waals surface area (Å²) >= 11 is 0. The minimum Gasteiger partial charge on any atom is -0.457 e. The van der Waals surface area contributed by atoms with Crippen molar-refractivity contribution in [3.63, 3.8) is 0 Å². The van der Waals surface area contributed by atoms with Gasteiger partial charge >= 0.3 is 18.1 Å². The highest BCUT2D eigenvalue weighted by atomic mass is 19.4. The van der Waals surface area contributed by atoms with E-state index in [1.54, 1.807) is 0 Å². The molecule has 1 amide bonds. The molecule has 1 N–H and O–H groups in total. The highest BCUT2D eigenvalue weighted by Crippen LogP contribution is 2.30. The van der Waals surface area contributed by atoms with Crippen molar-refractivity contribution in [3.05, 3.63) is 48.0 Å². The van der Waals surface area contributed by atoms with Crippen LogP contribution in [0.3, 0.4) is 0 Å². The summed E-state index contributed by atoms with van der Waals surface area (Å²) in [6, 6.07) is 9.24. The van der Waals surface area contributed by atoms with E-state index in [1.165, 1.54) is 0 Å². The Morgan fingerprint density at radius 3 is 2.35 bits per heavy atom. The molecule has 1 rings (SSSR count). The largest absolute Gasteiger partial charge is 0.471 e. The molecule has 1 aromatic carbocycles. The molecule has 0 unspecified atom stereocenters. The van der Waals surface area contributed by atoms with Crippen LogP contribution in [0, 0.1) is 5.41 Å². The number of hydrogen-bond donors (Lipinski definition) is 1. The molecule has 0 bridgehead atoms. The third kappa shape index (κ3) is 8.18. The maximum atomic E-state index is 12.1. The standard InChI is InChI=1S/C19H24F3NO3/c1-14(16(24)26-13-15-8-5-4-6-9-15)12-18(2,3)10-7-11-23-17(25)19(20,21)22/h4-6,8-9H,1,7,10-13H2,2-3H3,(H,23,25). The fourth-order valence-electron chi connectivity index (χ4n) is 2.43. The Kier molecular flexibility index (Phi) is 7.86. The first kappa shape index (κ1) is 21.7. The predicted octanol–water partition coefficient (Wildman–Crippen LogP) is 4.16. The topological polar surface area (TPSA) is 55.4 Å². The molecule has 0 heterocycles. The van der Waals surface area contributed by atoms with Crippen molar-refractivity contribution in [1.82, 2.24) is 5.32 Å². The van der Waals surface area contributed by atoms with Crippen molar-refractivity contribution in [2.24, 2.45) is 5.41 Å². The van der Waals surface area contributed by atoms with Gasteiger partial charge in [-0.1, -0.05) is 50.8 Å². The molecule has 0 fully saturated rings. The molecular weight excluding hydrogens is 347 g/mol. The summed E-state index contributed by atoms with van der Waals surface area (Å²) in [4.78, 5) is 22.8. The van der Waals surface area contributed by atoms with Gasteiger partial charge in [-0.3, -0.25) is 4.79 Å². The zero-order valence-corrected chi connectivity index (χ0v) is 15.0. The molecule has 0 aliphatic carbocycles. The van der Waals surface area contributed by atoms with Crippen LogP contribution in [0.5, 0.6) is 0 Å². The van der Waals surface area contributed by atoms with E-state index < -0.39 is 18.1 Å². The Labute approximate surface area is 151 Å². The first-order chi connectivity index (χ1) is 12.0. The average Bonchev–Trinajstić information content (AvgIpc) is 2.56. The second-order valence-electron chi connectivity index (χ2n) is 6.86. The fraction of sp³-hybridized carbons (Fsp3) is 0.474. The Morgan fingerprint density at radius 1 is 1.15 bits per heavy atom. The zero-order chi connectivity index (χ0) is 19.8. The molecule has 144 valence electrons. The first-order valence-corrected chi connectivity index (χ1v) is 8.25. The van der Waals surface area contributed by atoms with Gasteiger partial charge < -0.3 is 10.1 Å². The molecular formula is C19H24F3NO3. The summed E-state index contributed by atoms with van der Waals surface area (Å²) in [5, 5.41) is 1.83. The zero-order valence-electron chi connectivity index (χ0n) is 15.0. The summed E-state index contributed by atoms with van der Waals surface area (Å²) in [7, 11) is 0. The summed E-state index contributed by atoms with van der Waals surface area (Å²) in [6.45, 7) is 7.59. The molecule has 0 aliphatic heterocycles. The SMILES string of the molecule is C=C(CC(C)(C)CCCNC(=O)C(F)(F)F)C(=O)OCc1ccccc1. The Bertz CT molecular complexity index is 625. The summed E-state index contributed by atoms with van der Waals surface area (Å²) in [6.07, 6.45) is -3.63. The molecule has 0 aromatic heterocycles. The molecule has 26 heavy (non-hydrogen) atoms. The third-order valence-electron chi connectivity index (χ3n) is 3.77. The Morgan fingerprint density at radius 2 is 1.77 bits per heavy atom. The number of carbonyl (C=O) groups is 2. The molecule has 0 atom stereocenters. The van der Waals surface area contributed by atoms with Crippen molar-refractivity contribution in [3.8, 4) is 0 Å². The molecule has 1 aromatic rings. The number of ether oxygens (including phenoxy) is 1. The number of benzene rings is 1. The minimum atomic E-state index is -4.87. The number of nitrogens with one attached hydrogen (secondary N) is 1. The molecule has 0 aliphatic rings. The van der Waals surface area contributed by atoms with Gasteiger partial charge in [0.1, 0.15) is 6.61 Å². The lowest BCUT2D eigenvalue weighted by Crippen LogP contribution is -2.37. The van der Waals surface area contributed by atoms with Gasteiger partial charge in [-0.2, -0.15) is 13.2 Å². The van der Waals surface area contributed by atoms with E-state index >= 15 is 0 Å². The van der Waals surface area contributed by atoms with Gasteiger partial charge in [0.2, 0.25) is 0 Å². The Balaban J connectivity index is 2.34. The number of alkyl halides is 3. The van der Waals surface area contributed by atoms with Crippen LogP contribution < -0.4 is 5.32 Å². The second-order valence-corrected chi connectivity index (χ2v) is 6.86. The number of halogens is 3. The van der Waals surface area contributed by atoms with Gasteiger partial charge in [-0.25, -0.2) is 4.79 Å². The van der Waals surface area contributed by atoms with E-state index in [1.807, 2.05) is 49.5 Å². The van der Waals surface area contributed by atoms with Crippen molar-refractivity contribution in [1.29, 1.82) is 0 Å². The van der Waals surface area contributed by atoms with Crippen molar-refractivity contribution >= 4 is 11.9 Å². The van der Waals surface area contributed by atoms with Crippen LogP contribution in [0.2, 0.25) is 0 Å². The minimum absolute atomic E-state index is 0.0767. The van der Waals surface area contributed by atoms with E-state index in [9.17, 15) is 22.8 Å². The number of carbonyl (C=O) groups excluding carboxylic acids is 2. The van der Waals surface area contributed by atoms with E-state index in [2.05, 4.69) is 6.58 Å². The Hall–Kier alpha value is -2.31. The number of hydrogen-bond acceptors (Lipinski definition) is 3. The van der Waals surface area contributed by atoms with E-state index in [0.717, 1.165) is 5.56 Å². The van der Waals surface area contributed by atoms with Crippen LogP contribution in [0.1, 0.15) is 38.7 Å². The van der Waals surface area contributed by atoms with E-state index in [-0.39, 0.29) is 18.6 Å². The number of esters is 1. The van der Waals surface area contributed by atoms with Crippen LogP contribution in [-0.2, 0) is 20.9 Å². The van der Waals surface area contributed by atoms with Gasteiger partial charge in [0.15, 0.2) is 0 Å². The fourth-order valence-corrected chi connectivity index (χ4v) is 2.43. The molecule has 0 radical (unpaired) electrons. The first-order valence-electron chi connectivity index (χ1n) is 8.25. The lowest BCUT2D eigenvalue weighted by atomic mass is 9.82. The normalized spacial score (nSPS) is 11.7. The van der Waals surface area contributed by atoms with Crippen LogP contribution in [0.15, 0.2) is 42.5 Å². The summed E-state index contributed by atoms with van der Waals surface area (Å²) < 4.78 is 41.5. The van der Waals surface area contributed by atoms with Crippen LogP contribution in [0.25, 0.3) is 0 Å². The predicted molar refractivity (Wildman–Crippen MR) is 92.1 cm³/mol. The van der Waals surface area contributed by atoms with Crippen LogP contribution in [0.4, 0.5) is 13.2 Å². The lowest BCUT2D eigenvalue weighted by Gasteiger charge is -2.25. The quantitative estimate of drug-likeness (QED) is 0.403. The maximum absolute atomic E-state index is 12.1. The molecule has 0 saturated heterocycles. The van der Waals surface area contributed by atoms with Gasteiger partial charge in [0.25, 0.3) is 0 Å². The summed E-state index contributed by atoms with van der Waals surface area (Å²) in [5.74, 6) is -2.43. The van der Waals surface area contributed by atoms with Gasteiger partial charge in [-0.05, 0) is 30.2 Å². The average molecular weight is 371 g/mol. The smallest absolute Gasteiger partial charge is 0.457 e. The van der Waals surface area contributed by atoms with Crippen molar-refractivity contribution in [2.45, 2.75) is 45.9 Å². The monoisotopic (exact) mass is 371 g/mol. The molecule has 7 heteroatoms. The van der Waals surface area contributed by atoms with Crippen molar-refractivity contribution in [2.75, 3.05) is 6.54 Å². The molecule has 0 saturated carbocycles. The lowest BCUT2D eigenvalue weighted by molar-refractivity contribution is -0.173. The van der Waals surface area contributed by atoms with Gasteiger partial charge in [0, 0.05) is 12.1 Å². The highest BCUT2D eigenvalue weighted by Gasteiger charge is 2.38. The van der Waals surface area contributed by atoms with E-state index in [4.69, 9.17) is 4.74 Å².